The fourth-order valence-corrected chi connectivity index (χ4v) is 4.34. The molecule has 0 fully saturated rings. The third kappa shape index (κ3) is 6.35. The van der Waals surface area contributed by atoms with Gasteiger partial charge in [0.15, 0.2) is 4.34 Å². The molecule has 0 aliphatic carbocycles. The highest BCUT2D eigenvalue weighted by Gasteiger charge is 2.07. The predicted molar refractivity (Wildman–Crippen MR) is 118 cm³/mol. The summed E-state index contributed by atoms with van der Waals surface area (Å²) in [4.78, 5) is 16.5. The Morgan fingerprint density at radius 1 is 1.25 bits per heavy atom. The van der Waals surface area contributed by atoms with Gasteiger partial charge >= 0.3 is 0 Å². The maximum absolute atomic E-state index is 12.0. The zero-order chi connectivity index (χ0) is 19.6. The minimum atomic E-state index is -0.160. The van der Waals surface area contributed by atoms with Crippen molar-refractivity contribution in [3.8, 4) is 5.75 Å². The predicted octanol–water partition coefficient (Wildman–Crippen LogP) is 5.11. The van der Waals surface area contributed by atoms with Crippen molar-refractivity contribution in [2.75, 3.05) is 12.4 Å². The van der Waals surface area contributed by atoms with Crippen LogP contribution in [0, 0.1) is 0 Å². The van der Waals surface area contributed by atoms with E-state index in [2.05, 4.69) is 22.4 Å². The molecule has 3 rings (SSSR count). The number of rotatable bonds is 10. The number of carbonyl (C=O) groups excluding carboxylic acids is 1. The number of nitrogens with zero attached hydrogens (tertiary/aromatic N) is 2. The number of aromatic nitrogens is 1. The number of hydrogen-bond donors (Lipinski definition) is 1. The third-order valence-electron chi connectivity index (χ3n) is 3.88. The molecule has 3 aromatic rings. The summed E-state index contributed by atoms with van der Waals surface area (Å²) in [5.74, 6) is 0.933. The first-order valence-electron chi connectivity index (χ1n) is 9.28. The number of amides is 1. The van der Waals surface area contributed by atoms with Gasteiger partial charge in [0.25, 0.3) is 5.91 Å². The molecule has 2 aromatic carbocycles. The first-order chi connectivity index (χ1) is 13.7. The molecule has 1 heterocycles. The molecule has 0 saturated carbocycles. The van der Waals surface area contributed by atoms with Crippen LogP contribution in [0.1, 0.15) is 31.7 Å². The average Bonchev–Trinajstić information content (AvgIpc) is 3.13. The van der Waals surface area contributed by atoms with E-state index in [4.69, 9.17) is 4.74 Å². The minimum absolute atomic E-state index is 0.160. The fourth-order valence-electron chi connectivity index (χ4n) is 2.48. The van der Waals surface area contributed by atoms with Gasteiger partial charge in [-0.25, -0.2) is 10.4 Å². The molecule has 0 saturated heterocycles. The lowest BCUT2D eigenvalue weighted by atomic mass is 10.2. The fraction of sp³-hybridized carbons (Fsp3) is 0.286. The molecule has 7 heteroatoms. The van der Waals surface area contributed by atoms with Gasteiger partial charge < -0.3 is 4.74 Å². The van der Waals surface area contributed by atoms with Crippen LogP contribution in [0.5, 0.6) is 5.75 Å². The van der Waals surface area contributed by atoms with Gasteiger partial charge in [0.2, 0.25) is 0 Å². The number of hydrogen-bond acceptors (Lipinski definition) is 6. The molecule has 0 radical (unpaired) electrons. The van der Waals surface area contributed by atoms with Crippen LogP contribution in [0.2, 0.25) is 0 Å². The van der Waals surface area contributed by atoms with E-state index >= 15 is 0 Å². The number of hydrazone groups is 1. The number of unbranched alkanes of at least 4 members (excludes halogenated alkanes) is 2. The summed E-state index contributed by atoms with van der Waals surface area (Å²) in [7, 11) is 0. The SMILES string of the molecule is CCCCCOc1cccc(/C=N/NC(=O)CSc2nc3ccccc3s2)c1. The monoisotopic (exact) mass is 413 g/mol. The number of thioether (sulfide) groups is 1. The van der Waals surface area contributed by atoms with Crippen LogP contribution in [-0.4, -0.2) is 29.5 Å². The lowest BCUT2D eigenvalue weighted by Gasteiger charge is -2.06. The quantitative estimate of drug-likeness (QED) is 0.217. The first kappa shape index (κ1) is 20.4. The topological polar surface area (TPSA) is 63.6 Å². The molecule has 1 aromatic heterocycles. The van der Waals surface area contributed by atoms with E-state index in [0.717, 1.165) is 32.3 Å². The molecule has 5 nitrogen and oxygen atoms in total. The normalized spacial score (nSPS) is 11.2. The van der Waals surface area contributed by atoms with E-state index in [9.17, 15) is 4.79 Å². The van der Waals surface area contributed by atoms with Crippen molar-refractivity contribution >= 4 is 45.4 Å². The summed E-state index contributed by atoms with van der Waals surface area (Å²) in [6, 6.07) is 15.6. The molecule has 1 N–H and O–H groups in total. The maximum Gasteiger partial charge on any atom is 0.250 e. The van der Waals surface area contributed by atoms with Crippen molar-refractivity contribution in [1.29, 1.82) is 0 Å². The van der Waals surface area contributed by atoms with Gasteiger partial charge in [-0.2, -0.15) is 5.10 Å². The number of benzene rings is 2. The van der Waals surface area contributed by atoms with Crippen LogP contribution in [0.4, 0.5) is 0 Å². The zero-order valence-corrected chi connectivity index (χ0v) is 17.4. The number of nitrogens with one attached hydrogen (secondary N) is 1. The summed E-state index contributed by atoms with van der Waals surface area (Å²) >= 11 is 3.01. The third-order valence-corrected chi connectivity index (χ3v) is 6.06. The van der Waals surface area contributed by atoms with E-state index in [1.54, 1.807) is 17.6 Å². The van der Waals surface area contributed by atoms with Gasteiger partial charge in [0.05, 0.1) is 28.8 Å². The number of para-hydroxylation sites is 1. The Hall–Kier alpha value is -2.38. The Morgan fingerprint density at radius 3 is 3.00 bits per heavy atom. The Balaban J connectivity index is 1.44. The second kappa shape index (κ2) is 10.8. The Morgan fingerprint density at radius 2 is 2.14 bits per heavy atom. The lowest BCUT2D eigenvalue weighted by Crippen LogP contribution is -2.19. The van der Waals surface area contributed by atoms with Crippen molar-refractivity contribution in [3.05, 3.63) is 54.1 Å². The van der Waals surface area contributed by atoms with Crippen molar-refractivity contribution in [2.24, 2.45) is 5.10 Å². The van der Waals surface area contributed by atoms with Crippen LogP contribution in [0.3, 0.4) is 0 Å². The molecular formula is C21H23N3O2S2. The lowest BCUT2D eigenvalue weighted by molar-refractivity contribution is -0.118. The molecule has 1 amide bonds. The van der Waals surface area contributed by atoms with Crippen LogP contribution in [0.15, 0.2) is 58.0 Å². The molecule has 0 aliphatic rings. The van der Waals surface area contributed by atoms with Crippen LogP contribution in [0.25, 0.3) is 10.2 Å². The number of carbonyl (C=O) groups is 1. The summed E-state index contributed by atoms with van der Waals surface area (Å²) in [5, 5.41) is 4.04. The van der Waals surface area contributed by atoms with Gasteiger partial charge in [0, 0.05) is 0 Å². The van der Waals surface area contributed by atoms with Gasteiger partial charge in [-0.05, 0) is 36.2 Å². The first-order valence-corrected chi connectivity index (χ1v) is 11.1. The highest BCUT2D eigenvalue weighted by atomic mass is 32.2. The largest absolute Gasteiger partial charge is 0.494 e. The van der Waals surface area contributed by atoms with Crippen molar-refractivity contribution in [1.82, 2.24) is 10.4 Å². The van der Waals surface area contributed by atoms with Crippen LogP contribution < -0.4 is 10.2 Å². The summed E-state index contributed by atoms with van der Waals surface area (Å²) in [6.07, 6.45) is 5.02. The van der Waals surface area contributed by atoms with Crippen molar-refractivity contribution in [3.63, 3.8) is 0 Å². The number of thiazole rings is 1. The molecule has 0 bridgehead atoms. The maximum atomic E-state index is 12.0. The standard InChI is InChI=1S/C21H23N3O2S2/c1-2-3-6-12-26-17-9-7-8-16(13-17)14-22-24-20(25)15-27-21-23-18-10-4-5-11-19(18)28-21/h4-5,7-11,13-14H,2-3,6,12,15H2,1H3,(H,24,25)/b22-14+. The summed E-state index contributed by atoms with van der Waals surface area (Å²) in [6.45, 7) is 2.89. The molecule has 0 spiro atoms. The van der Waals surface area contributed by atoms with E-state index in [0.29, 0.717) is 6.61 Å². The minimum Gasteiger partial charge on any atom is -0.494 e. The molecular weight excluding hydrogens is 390 g/mol. The number of fused-ring (bicyclic) bond motifs is 1. The molecule has 0 aliphatic heterocycles. The van der Waals surface area contributed by atoms with Crippen molar-refractivity contribution < 1.29 is 9.53 Å². The van der Waals surface area contributed by atoms with E-state index in [-0.39, 0.29) is 11.7 Å². The molecule has 146 valence electrons. The van der Waals surface area contributed by atoms with Crippen molar-refractivity contribution in [2.45, 2.75) is 30.5 Å². The average molecular weight is 414 g/mol. The van der Waals surface area contributed by atoms with Crippen LogP contribution >= 0.6 is 23.1 Å². The summed E-state index contributed by atoms with van der Waals surface area (Å²) in [5.41, 5.74) is 4.40. The Labute approximate surface area is 173 Å². The van der Waals surface area contributed by atoms with Crippen LogP contribution in [-0.2, 0) is 4.79 Å². The highest BCUT2D eigenvalue weighted by molar-refractivity contribution is 8.01. The second-order valence-electron chi connectivity index (χ2n) is 6.16. The smallest absolute Gasteiger partial charge is 0.250 e. The Kier molecular flexibility index (Phi) is 7.87. The van der Waals surface area contributed by atoms with Gasteiger partial charge in [-0.15, -0.1) is 11.3 Å². The molecule has 28 heavy (non-hydrogen) atoms. The van der Waals surface area contributed by atoms with E-state index in [1.807, 2.05) is 48.5 Å². The van der Waals surface area contributed by atoms with Gasteiger partial charge in [-0.3, -0.25) is 4.79 Å². The second-order valence-corrected chi connectivity index (χ2v) is 8.41. The number of ether oxygens (including phenoxy) is 1. The Bertz CT molecular complexity index is 907. The molecule has 0 atom stereocenters. The van der Waals surface area contributed by atoms with Gasteiger partial charge in [-0.1, -0.05) is 55.8 Å². The van der Waals surface area contributed by atoms with Gasteiger partial charge in [0.1, 0.15) is 5.75 Å². The zero-order valence-electron chi connectivity index (χ0n) is 15.8. The summed E-state index contributed by atoms with van der Waals surface area (Å²) < 4.78 is 7.74. The van der Waals surface area contributed by atoms with E-state index < -0.39 is 0 Å². The van der Waals surface area contributed by atoms with E-state index in [1.165, 1.54) is 24.6 Å². The highest BCUT2D eigenvalue weighted by Crippen LogP contribution is 2.28. The molecule has 0 unspecified atom stereocenters.